The third-order valence-corrected chi connectivity index (χ3v) is 6.33. The van der Waals surface area contributed by atoms with Crippen molar-refractivity contribution in [1.29, 1.82) is 0 Å². The molecule has 0 radical (unpaired) electrons. The summed E-state index contributed by atoms with van der Waals surface area (Å²) in [5, 5.41) is 16.6. The quantitative estimate of drug-likeness (QED) is 0.394. The topological polar surface area (TPSA) is 134 Å². The number of alkyl carbamates (subject to hydrolysis) is 1. The van der Waals surface area contributed by atoms with E-state index in [0.717, 1.165) is 40.7 Å². The second kappa shape index (κ2) is 12.0. The lowest BCUT2D eigenvalue weighted by Gasteiger charge is -2.17. The third kappa shape index (κ3) is 6.63. The van der Waals surface area contributed by atoms with Crippen LogP contribution in [0.1, 0.15) is 36.3 Å². The van der Waals surface area contributed by atoms with E-state index in [-0.39, 0.29) is 25.5 Å². The van der Waals surface area contributed by atoms with Gasteiger partial charge in [0, 0.05) is 12.3 Å². The number of ether oxygens (including phenoxy) is 1. The molecule has 1 atom stereocenters. The Kier molecular flexibility index (Phi) is 8.35. The van der Waals surface area contributed by atoms with E-state index in [0.29, 0.717) is 0 Å². The van der Waals surface area contributed by atoms with Gasteiger partial charge in [0.05, 0.1) is 6.54 Å². The first-order valence-corrected chi connectivity index (χ1v) is 12.2. The van der Waals surface area contributed by atoms with Crippen LogP contribution < -0.4 is 16.0 Å². The molecule has 4 rings (SSSR count). The Labute approximate surface area is 214 Å². The van der Waals surface area contributed by atoms with Gasteiger partial charge in [-0.2, -0.15) is 0 Å². The maximum Gasteiger partial charge on any atom is 0.407 e. The van der Waals surface area contributed by atoms with Crippen LogP contribution in [0, 0.1) is 0 Å². The van der Waals surface area contributed by atoms with Crippen molar-refractivity contribution in [2.75, 3.05) is 19.7 Å². The molecule has 0 aromatic heterocycles. The summed E-state index contributed by atoms with van der Waals surface area (Å²) < 4.78 is 5.38. The number of benzene rings is 2. The fraction of sp³-hybridized carbons (Fsp3) is 0.286. The van der Waals surface area contributed by atoms with Gasteiger partial charge in [0.2, 0.25) is 11.8 Å². The van der Waals surface area contributed by atoms with Crippen molar-refractivity contribution in [3.8, 4) is 11.1 Å². The van der Waals surface area contributed by atoms with Crippen molar-refractivity contribution in [1.82, 2.24) is 16.0 Å². The SMILES string of the molecule is O=C(CNC(=O)OCC1c2ccccc2-c2ccccc21)NCC(=O)N[C@@H](CC1=CCCC=C1)C(=O)O. The van der Waals surface area contributed by atoms with Crippen molar-refractivity contribution < 1.29 is 29.0 Å². The number of fused-ring (bicyclic) bond motifs is 3. The molecule has 0 saturated heterocycles. The van der Waals surface area contributed by atoms with Crippen LogP contribution in [0.3, 0.4) is 0 Å². The first-order chi connectivity index (χ1) is 17.9. The first kappa shape index (κ1) is 25.7. The zero-order chi connectivity index (χ0) is 26.2. The average molecular weight is 504 g/mol. The van der Waals surface area contributed by atoms with Crippen LogP contribution in [-0.2, 0) is 19.1 Å². The fourth-order valence-corrected chi connectivity index (χ4v) is 4.54. The second-order valence-corrected chi connectivity index (χ2v) is 8.88. The monoisotopic (exact) mass is 503 g/mol. The molecule has 2 aromatic rings. The summed E-state index contributed by atoms with van der Waals surface area (Å²) in [6.45, 7) is -0.681. The molecule has 4 N–H and O–H groups in total. The largest absolute Gasteiger partial charge is 0.480 e. The highest BCUT2D eigenvalue weighted by atomic mass is 16.5. The van der Waals surface area contributed by atoms with Gasteiger partial charge in [0.1, 0.15) is 19.2 Å². The van der Waals surface area contributed by atoms with E-state index >= 15 is 0 Å². The molecule has 0 bridgehead atoms. The zero-order valence-electron chi connectivity index (χ0n) is 20.2. The van der Waals surface area contributed by atoms with Gasteiger partial charge in [0.15, 0.2) is 0 Å². The number of rotatable bonds is 10. The van der Waals surface area contributed by atoms with Gasteiger partial charge in [0.25, 0.3) is 0 Å². The van der Waals surface area contributed by atoms with E-state index in [9.17, 15) is 24.3 Å². The lowest BCUT2D eigenvalue weighted by atomic mass is 9.98. The third-order valence-electron chi connectivity index (χ3n) is 6.33. The molecule has 2 aliphatic carbocycles. The van der Waals surface area contributed by atoms with Gasteiger partial charge in [-0.1, -0.05) is 66.8 Å². The highest BCUT2D eigenvalue weighted by Crippen LogP contribution is 2.44. The molecule has 0 unspecified atom stereocenters. The number of hydrogen-bond acceptors (Lipinski definition) is 5. The summed E-state index contributed by atoms with van der Waals surface area (Å²) in [5.74, 6) is -2.50. The molecule has 2 aromatic carbocycles. The van der Waals surface area contributed by atoms with E-state index in [2.05, 4.69) is 16.0 Å². The van der Waals surface area contributed by atoms with Crippen LogP contribution in [0.2, 0.25) is 0 Å². The highest BCUT2D eigenvalue weighted by molar-refractivity contribution is 5.89. The molecular weight excluding hydrogens is 474 g/mol. The molecule has 2 aliphatic rings. The summed E-state index contributed by atoms with van der Waals surface area (Å²) in [5.41, 5.74) is 5.23. The minimum absolute atomic E-state index is 0.0993. The lowest BCUT2D eigenvalue weighted by Crippen LogP contribution is -2.47. The molecular formula is C28H29N3O6. The van der Waals surface area contributed by atoms with Gasteiger partial charge in [-0.15, -0.1) is 0 Å². The number of nitrogens with one attached hydrogen (secondary N) is 3. The summed E-state index contributed by atoms with van der Waals surface area (Å²) >= 11 is 0. The van der Waals surface area contributed by atoms with Crippen LogP contribution >= 0.6 is 0 Å². The smallest absolute Gasteiger partial charge is 0.407 e. The zero-order valence-corrected chi connectivity index (χ0v) is 20.2. The Balaban J connectivity index is 1.19. The molecule has 192 valence electrons. The van der Waals surface area contributed by atoms with E-state index < -0.39 is 36.5 Å². The normalized spacial score (nSPS) is 14.5. The number of carbonyl (C=O) groups excluding carboxylic acids is 3. The predicted molar refractivity (Wildman–Crippen MR) is 137 cm³/mol. The summed E-state index contributed by atoms with van der Waals surface area (Å²) in [7, 11) is 0. The van der Waals surface area contributed by atoms with Gasteiger partial charge in [-0.05, 0) is 40.7 Å². The van der Waals surface area contributed by atoms with Crippen molar-refractivity contribution in [3.63, 3.8) is 0 Å². The molecule has 0 spiro atoms. The Morgan fingerprint density at radius 1 is 0.892 bits per heavy atom. The molecule has 0 heterocycles. The Hall–Kier alpha value is -4.40. The Bertz CT molecular complexity index is 1210. The molecule has 0 aliphatic heterocycles. The van der Waals surface area contributed by atoms with Crippen molar-refractivity contribution in [3.05, 3.63) is 83.5 Å². The van der Waals surface area contributed by atoms with E-state index in [1.165, 1.54) is 0 Å². The van der Waals surface area contributed by atoms with E-state index in [1.807, 2.05) is 66.8 Å². The summed E-state index contributed by atoms with van der Waals surface area (Å²) in [6, 6.07) is 14.8. The molecule has 0 fully saturated rings. The van der Waals surface area contributed by atoms with Crippen LogP contribution in [0.5, 0.6) is 0 Å². The highest BCUT2D eigenvalue weighted by Gasteiger charge is 2.29. The maximum absolute atomic E-state index is 12.2. The van der Waals surface area contributed by atoms with Crippen molar-refractivity contribution in [2.24, 2.45) is 0 Å². The number of carbonyl (C=O) groups is 4. The predicted octanol–water partition coefficient (Wildman–Crippen LogP) is 2.88. The first-order valence-electron chi connectivity index (χ1n) is 12.2. The van der Waals surface area contributed by atoms with Crippen molar-refractivity contribution in [2.45, 2.75) is 31.2 Å². The van der Waals surface area contributed by atoms with Crippen molar-refractivity contribution >= 4 is 23.9 Å². The molecule has 3 amide bonds. The second-order valence-electron chi connectivity index (χ2n) is 8.88. The molecule has 0 saturated carbocycles. The lowest BCUT2D eigenvalue weighted by molar-refractivity contribution is -0.141. The number of hydrogen-bond donors (Lipinski definition) is 4. The summed E-state index contributed by atoms with van der Waals surface area (Å²) in [6.07, 6.45) is 6.90. The maximum atomic E-state index is 12.2. The number of carboxylic acids is 1. The van der Waals surface area contributed by atoms with Crippen LogP contribution in [0.15, 0.2) is 72.3 Å². The van der Waals surface area contributed by atoms with E-state index in [1.54, 1.807) is 0 Å². The van der Waals surface area contributed by atoms with Gasteiger partial charge < -0.3 is 25.8 Å². The number of aliphatic carboxylic acids is 1. The van der Waals surface area contributed by atoms with Gasteiger partial charge in [-0.25, -0.2) is 9.59 Å². The van der Waals surface area contributed by atoms with Gasteiger partial charge in [-0.3, -0.25) is 9.59 Å². The number of amides is 3. The minimum atomic E-state index is -1.16. The van der Waals surface area contributed by atoms with E-state index in [4.69, 9.17) is 4.74 Å². The number of allylic oxidation sites excluding steroid dienone is 3. The number of carboxylic acid groups (broad SMARTS) is 1. The Morgan fingerprint density at radius 3 is 2.16 bits per heavy atom. The van der Waals surface area contributed by atoms with Crippen LogP contribution in [0.4, 0.5) is 4.79 Å². The standard InChI is InChI=1S/C28H29N3O6/c32-25(29-16-26(33)31-24(27(34)35)14-18-8-2-1-3-9-18)15-30-28(36)37-17-23-21-12-6-4-10-19(21)20-11-5-7-13-22(20)23/h2,4-13,23-24H,1,3,14-17H2,(H,29,32)(H,30,36)(H,31,33)(H,34,35)/t24-/m0/s1. The fourth-order valence-electron chi connectivity index (χ4n) is 4.54. The summed E-state index contributed by atoms with van der Waals surface area (Å²) in [4.78, 5) is 47.9. The molecule has 9 nitrogen and oxygen atoms in total. The minimum Gasteiger partial charge on any atom is -0.480 e. The molecule has 37 heavy (non-hydrogen) atoms. The van der Waals surface area contributed by atoms with Gasteiger partial charge >= 0.3 is 12.1 Å². The molecule has 9 heteroatoms. The Morgan fingerprint density at radius 2 is 1.54 bits per heavy atom. The van der Waals surface area contributed by atoms with Crippen LogP contribution in [0.25, 0.3) is 11.1 Å². The van der Waals surface area contributed by atoms with Crippen LogP contribution in [-0.4, -0.2) is 54.7 Å². The average Bonchev–Trinajstić information content (AvgIpc) is 3.23.